The molecule has 122 valence electrons. The second-order valence-electron chi connectivity index (χ2n) is 4.81. The fourth-order valence-electron chi connectivity index (χ4n) is 2.06. The van der Waals surface area contributed by atoms with Gasteiger partial charge in [-0.2, -0.15) is 0 Å². The number of ether oxygens (including phenoxy) is 2. The SMILES string of the molecule is CCC=CCCOc1cccc2oc(=O)c(OC(C)=O)c(O)c12. The van der Waals surface area contributed by atoms with Gasteiger partial charge in [0.15, 0.2) is 5.75 Å². The van der Waals surface area contributed by atoms with Crippen molar-refractivity contribution in [2.75, 3.05) is 6.61 Å². The van der Waals surface area contributed by atoms with Gasteiger partial charge in [-0.3, -0.25) is 4.79 Å². The molecule has 0 saturated heterocycles. The second kappa shape index (κ2) is 7.49. The normalized spacial score (nSPS) is 11.0. The molecule has 1 aromatic heterocycles. The molecule has 0 atom stereocenters. The van der Waals surface area contributed by atoms with Gasteiger partial charge in [0.2, 0.25) is 0 Å². The molecule has 2 aromatic rings. The molecule has 1 heterocycles. The van der Waals surface area contributed by atoms with Crippen molar-refractivity contribution in [1.29, 1.82) is 0 Å². The lowest BCUT2D eigenvalue weighted by Gasteiger charge is -2.10. The van der Waals surface area contributed by atoms with Crippen LogP contribution >= 0.6 is 0 Å². The van der Waals surface area contributed by atoms with E-state index in [1.807, 2.05) is 19.1 Å². The van der Waals surface area contributed by atoms with E-state index in [-0.39, 0.29) is 11.0 Å². The topological polar surface area (TPSA) is 86.0 Å². The Hall–Kier alpha value is -2.76. The van der Waals surface area contributed by atoms with Crippen LogP contribution in [0.3, 0.4) is 0 Å². The average Bonchev–Trinajstić information content (AvgIpc) is 2.50. The highest BCUT2D eigenvalue weighted by atomic mass is 16.6. The Morgan fingerprint density at radius 1 is 1.35 bits per heavy atom. The van der Waals surface area contributed by atoms with Crippen molar-refractivity contribution in [3.63, 3.8) is 0 Å². The minimum Gasteiger partial charge on any atom is -0.503 e. The van der Waals surface area contributed by atoms with E-state index >= 15 is 0 Å². The van der Waals surface area contributed by atoms with Gasteiger partial charge in [0.25, 0.3) is 5.75 Å². The molecule has 23 heavy (non-hydrogen) atoms. The molecular formula is C17H18O6. The molecule has 0 aliphatic heterocycles. The van der Waals surface area contributed by atoms with Gasteiger partial charge in [0, 0.05) is 6.92 Å². The van der Waals surface area contributed by atoms with Gasteiger partial charge >= 0.3 is 11.6 Å². The smallest absolute Gasteiger partial charge is 0.383 e. The van der Waals surface area contributed by atoms with Crippen LogP contribution < -0.4 is 15.1 Å². The van der Waals surface area contributed by atoms with E-state index in [0.717, 1.165) is 13.3 Å². The van der Waals surface area contributed by atoms with E-state index in [2.05, 4.69) is 0 Å². The monoisotopic (exact) mass is 318 g/mol. The molecule has 0 unspecified atom stereocenters. The largest absolute Gasteiger partial charge is 0.503 e. The van der Waals surface area contributed by atoms with Gasteiger partial charge in [-0.1, -0.05) is 25.1 Å². The highest BCUT2D eigenvalue weighted by Gasteiger charge is 2.20. The molecule has 0 amide bonds. The second-order valence-corrected chi connectivity index (χ2v) is 4.81. The maximum absolute atomic E-state index is 11.8. The van der Waals surface area contributed by atoms with Gasteiger partial charge in [0.05, 0.1) is 6.61 Å². The zero-order chi connectivity index (χ0) is 16.8. The lowest BCUT2D eigenvalue weighted by atomic mass is 10.2. The number of esters is 1. The summed E-state index contributed by atoms with van der Waals surface area (Å²) in [4.78, 5) is 22.8. The minimum atomic E-state index is -0.923. The maximum Gasteiger partial charge on any atom is 0.383 e. The zero-order valence-corrected chi connectivity index (χ0v) is 13.0. The molecule has 0 spiro atoms. The molecule has 1 aromatic carbocycles. The third kappa shape index (κ3) is 3.91. The van der Waals surface area contributed by atoms with Crippen LogP contribution in [0.2, 0.25) is 0 Å². The molecule has 1 N–H and O–H groups in total. The summed E-state index contributed by atoms with van der Waals surface area (Å²) in [5, 5.41) is 10.5. The van der Waals surface area contributed by atoms with Crippen molar-refractivity contribution in [3.8, 4) is 17.2 Å². The lowest BCUT2D eigenvalue weighted by molar-refractivity contribution is -0.132. The van der Waals surface area contributed by atoms with E-state index in [1.165, 1.54) is 6.07 Å². The molecule has 0 bridgehead atoms. The third-order valence-electron chi connectivity index (χ3n) is 3.02. The van der Waals surface area contributed by atoms with Crippen LogP contribution in [0.5, 0.6) is 17.2 Å². The predicted octanol–water partition coefficient (Wildman–Crippen LogP) is 3.16. The van der Waals surface area contributed by atoms with Crippen LogP contribution in [-0.4, -0.2) is 17.7 Å². The molecule has 2 rings (SSSR count). The lowest BCUT2D eigenvalue weighted by Crippen LogP contribution is -2.11. The summed E-state index contributed by atoms with van der Waals surface area (Å²) < 4.78 is 15.4. The van der Waals surface area contributed by atoms with Crippen molar-refractivity contribution in [3.05, 3.63) is 40.8 Å². The molecular weight excluding hydrogens is 300 g/mol. The predicted molar refractivity (Wildman–Crippen MR) is 85.0 cm³/mol. The van der Waals surface area contributed by atoms with Crippen LogP contribution in [-0.2, 0) is 4.79 Å². The van der Waals surface area contributed by atoms with Crippen LogP contribution in [0.15, 0.2) is 39.6 Å². The summed E-state index contributed by atoms with van der Waals surface area (Å²) in [5.41, 5.74) is -0.766. The summed E-state index contributed by atoms with van der Waals surface area (Å²) in [6, 6.07) is 4.81. The molecule has 0 radical (unpaired) electrons. The average molecular weight is 318 g/mol. The molecule has 6 nitrogen and oxygen atoms in total. The first-order chi connectivity index (χ1) is 11.0. The minimum absolute atomic E-state index is 0.157. The number of carbonyl (C=O) groups is 1. The number of fused-ring (bicyclic) bond motifs is 1. The van der Waals surface area contributed by atoms with Crippen molar-refractivity contribution < 1.29 is 23.8 Å². The summed E-state index contributed by atoms with van der Waals surface area (Å²) in [6.45, 7) is 3.57. The fraction of sp³-hybridized carbons (Fsp3) is 0.294. The molecule has 0 saturated carbocycles. The number of hydrogen-bond donors (Lipinski definition) is 1. The first-order valence-electron chi connectivity index (χ1n) is 7.29. The molecule has 0 aliphatic carbocycles. The van der Waals surface area contributed by atoms with Gasteiger partial charge < -0.3 is 19.0 Å². The van der Waals surface area contributed by atoms with E-state index in [0.29, 0.717) is 18.8 Å². The third-order valence-corrected chi connectivity index (χ3v) is 3.02. The van der Waals surface area contributed by atoms with E-state index < -0.39 is 23.1 Å². The van der Waals surface area contributed by atoms with E-state index in [4.69, 9.17) is 13.9 Å². The number of carbonyl (C=O) groups excluding carboxylic acids is 1. The van der Waals surface area contributed by atoms with Crippen molar-refractivity contribution in [2.45, 2.75) is 26.7 Å². The molecule has 0 aliphatic rings. The molecule has 6 heteroatoms. The number of aromatic hydroxyl groups is 1. The van der Waals surface area contributed by atoms with Gasteiger partial charge in [-0.15, -0.1) is 0 Å². The van der Waals surface area contributed by atoms with Crippen LogP contribution in [0.25, 0.3) is 11.0 Å². The summed E-state index contributed by atoms with van der Waals surface area (Å²) in [6.07, 6.45) is 5.68. The van der Waals surface area contributed by atoms with Gasteiger partial charge in [-0.05, 0) is 25.0 Å². The van der Waals surface area contributed by atoms with Gasteiger partial charge in [-0.25, -0.2) is 4.79 Å². The first-order valence-corrected chi connectivity index (χ1v) is 7.29. The summed E-state index contributed by atoms with van der Waals surface area (Å²) in [5.74, 6) is -1.38. The Balaban J connectivity index is 2.39. The number of rotatable bonds is 6. The Labute approximate surface area is 132 Å². The van der Waals surface area contributed by atoms with Crippen LogP contribution in [0, 0.1) is 0 Å². The standard InChI is InChI=1S/C17H18O6/c1-3-4-5-6-10-21-12-8-7-9-13-14(12)15(19)16(17(20)23-13)22-11(2)18/h4-5,7-9,19H,3,6,10H2,1-2H3. The van der Waals surface area contributed by atoms with Gasteiger partial charge in [0.1, 0.15) is 16.7 Å². The van der Waals surface area contributed by atoms with Crippen LogP contribution in [0.1, 0.15) is 26.7 Å². The van der Waals surface area contributed by atoms with Crippen molar-refractivity contribution in [1.82, 2.24) is 0 Å². The van der Waals surface area contributed by atoms with Crippen molar-refractivity contribution in [2.24, 2.45) is 0 Å². The maximum atomic E-state index is 11.8. The van der Waals surface area contributed by atoms with Crippen molar-refractivity contribution >= 4 is 16.9 Å². The van der Waals surface area contributed by atoms with E-state index in [9.17, 15) is 14.7 Å². The fourth-order valence-corrected chi connectivity index (χ4v) is 2.06. The Morgan fingerprint density at radius 3 is 2.83 bits per heavy atom. The first kappa shape index (κ1) is 16.6. The summed E-state index contributed by atoms with van der Waals surface area (Å²) in [7, 11) is 0. The highest BCUT2D eigenvalue weighted by Crippen LogP contribution is 2.37. The zero-order valence-electron chi connectivity index (χ0n) is 13.0. The van der Waals surface area contributed by atoms with Crippen LogP contribution in [0.4, 0.5) is 0 Å². The molecule has 0 fully saturated rings. The number of benzene rings is 1. The Kier molecular flexibility index (Phi) is 5.41. The quantitative estimate of drug-likeness (QED) is 0.381. The number of hydrogen-bond acceptors (Lipinski definition) is 6. The Morgan fingerprint density at radius 2 is 2.13 bits per heavy atom. The number of allylic oxidation sites excluding steroid dienone is 1. The summed E-state index contributed by atoms with van der Waals surface area (Å²) >= 11 is 0. The van der Waals surface area contributed by atoms with E-state index in [1.54, 1.807) is 12.1 Å². The highest BCUT2D eigenvalue weighted by molar-refractivity contribution is 5.91. The Bertz CT molecular complexity index is 788.